The number of pyridine rings is 1. The van der Waals surface area contributed by atoms with Crippen LogP contribution in [0.1, 0.15) is 19.3 Å². The Morgan fingerprint density at radius 3 is 3.00 bits per heavy atom. The summed E-state index contributed by atoms with van der Waals surface area (Å²) in [5.74, 6) is 1.19. The molecule has 0 aliphatic heterocycles. The maximum Gasteiger partial charge on any atom is 0.221 e. The number of halogens is 1. The highest BCUT2D eigenvalue weighted by molar-refractivity contribution is 9.10. The van der Waals surface area contributed by atoms with Crippen LogP contribution in [-0.4, -0.2) is 17.6 Å². The molecule has 0 amide bonds. The van der Waals surface area contributed by atoms with Crippen LogP contribution < -0.4 is 10.5 Å². The summed E-state index contributed by atoms with van der Waals surface area (Å²) in [6.07, 6.45) is 5.45. The Labute approximate surface area is 121 Å². The minimum absolute atomic E-state index is 0.210. The molecule has 1 aromatic carbocycles. The van der Waals surface area contributed by atoms with Crippen molar-refractivity contribution >= 4 is 26.7 Å². The fourth-order valence-corrected chi connectivity index (χ4v) is 3.31. The van der Waals surface area contributed by atoms with E-state index in [9.17, 15) is 0 Å². The minimum Gasteiger partial charge on any atom is -0.474 e. The first-order chi connectivity index (χ1) is 9.29. The third-order valence-corrected chi connectivity index (χ3v) is 4.56. The number of benzene rings is 1. The average Bonchev–Trinajstić information content (AvgIpc) is 2.87. The first-order valence-electron chi connectivity index (χ1n) is 6.69. The zero-order valence-corrected chi connectivity index (χ0v) is 12.3. The maximum absolute atomic E-state index is 6.14. The molecule has 1 aromatic heterocycles. The van der Waals surface area contributed by atoms with Crippen LogP contribution in [0.15, 0.2) is 34.9 Å². The summed E-state index contributed by atoms with van der Waals surface area (Å²) in [7, 11) is 0. The van der Waals surface area contributed by atoms with Crippen molar-refractivity contribution in [3.63, 3.8) is 0 Å². The van der Waals surface area contributed by atoms with Crippen molar-refractivity contribution in [2.45, 2.75) is 25.4 Å². The van der Waals surface area contributed by atoms with E-state index in [1.807, 2.05) is 18.2 Å². The molecule has 100 valence electrons. The van der Waals surface area contributed by atoms with Gasteiger partial charge < -0.3 is 10.5 Å². The van der Waals surface area contributed by atoms with E-state index in [1.165, 1.54) is 6.42 Å². The van der Waals surface area contributed by atoms with Crippen molar-refractivity contribution in [3.8, 4) is 5.88 Å². The van der Waals surface area contributed by atoms with E-state index in [4.69, 9.17) is 10.5 Å². The first-order valence-corrected chi connectivity index (χ1v) is 7.49. The van der Waals surface area contributed by atoms with Crippen LogP contribution in [0.25, 0.3) is 10.8 Å². The van der Waals surface area contributed by atoms with Crippen molar-refractivity contribution in [3.05, 3.63) is 34.9 Å². The molecule has 0 radical (unpaired) electrons. The number of hydrogen-bond donors (Lipinski definition) is 1. The van der Waals surface area contributed by atoms with Crippen LogP contribution in [0.3, 0.4) is 0 Å². The summed E-state index contributed by atoms with van der Waals surface area (Å²) in [5, 5.41) is 2.19. The maximum atomic E-state index is 6.14. The highest BCUT2D eigenvalue weighted by Gasteiger charge is 2.28. The lowest BCUT2D eigenvalue weighted by Crippen LogP contribution is -2.28. The van der Waals surface area contributed by atoms with Crippen molar-refractivity contribution in [2.75, 3.05) is 6.54 Å². The summed E-state index contributed by atoms with van der Waals surface area (Å²) < 4.78 is 7.20. The zero-order chi connectivity index (χ0) is 13.2. The van der Waals surface area contributed by atoms with Crippen molar-refractivity contribution in [1.82, 2.24) is 4.98 Å². The average molecular weight is 321 g/mol. The number of rotatable bonds is 3. The van der Waals surface area contributed by atoms with Crippen LogP contribution in [0.5, 0.6) is 5.88 Å². The Balaban J connectivity index is 1.95. The molecule has 3 nitrogen and oxygen atoms in total. The van der Waals surface area contributed by atoms with E-state index < -0.39 is 0 Å². The third-order valence-electron chi connectivity index (χ3n) is 3.87. The largest absolute Gasteiger partial charge is 0.474 e. The smallest absolute Gasteiger partial charge is 0.221 e. The number of aromatic nitrogens is 1. The molecular weight excluding hydrogens is 304 g/mol. The Morgan fingerprint density at radius 2 is 2.16 bits per heavy atom. The van der Waals surface area contributed by atoms with Crippen LogP contribution in [-0.2, 0) is 0 Å². The number of hydrogen-bond acceptors (Lipinski definition) is 3. The molecule has 1 fully saturated rings. The molecule has 0 saturated heterocycles. The molecule has 19 heavy (non-hydrogen) atoms. The molecule has 1 saturated carbocycles. The van der Waals surface area contributed by atoms with Gasteiger partial charge in [0.25, 0.3) is 0 Å². The van der Waals surface area contributed by atoms with E-state index >= 15 is 0 Å². The second-order valence-corrected chi connectivity index (χ2v) is 5.89. The molecule has 2 N–H and O–H groups in total. The highest BCUT2D eigenvalue weighted by Crippen LogP contribution is 2.33. The lowest BCUT2D eigenvalue weighted by atomic mass is 10.1. The summed E-state index contributed by atoms with van der Waals surface area (Å²) in [4.78, 5) is 4.40. The third kappa shape index (κ3) is 2.47. The fraction of sp³-hybridized carbons (Fsp3) is 0.400. The quantitative estimate of drug-likeness (QED) is 0.941. The van der Waals surface area contributed by atoms with Crippen molar-refractivity contribution in [1.29, 1.82) is 0 Å². The van der Waals surface area contributed by atoms with Gasteiger partial charge in [-0.15, -0.1) is 0 Å². The standard InChI is InChI=1S/C15H17BrN2O/c16-13-5-2-4-12-11(13)7-8-18-15(12)19-14-6-1-3-10(14)9-17/h2,4-5,7-8,10,14H,1,3,6,9,17H2. The minimum atomic E-state index is 0.210. The molecular formula is C15H17BrN2O. The van der Waals surface area contributed by atoms with Crippen LogP contribution in [0.4, 0.5) is 0 Å². The van der Waals surface area contributed by atoms with Gasteiger partial charge in [0.15, 0.2) is 0 Å². The summed E-state index contributed by atoms with van der Waals surface area (Å²) in [6.45, 7) is 0.694. The molecule has 0 bridgehead atoms. The van der Waals surface area contributed by atoms with E-state index in [0.29, 0.717) is 12.5 Å². The first kappa shape index (κ1) is 12.9. The Morgan fingerprint density at radius 1 is 1.26 bits per heavy atom. The van der Waals surface area contributed by atoms with E-state index in [2.05, 4.69) is 27.0 Å². The number of nitrogens with zero attached hydrogens (tertiary/aromatic N) is 1. The lowest BCUT2D eigenvalue weighted by molar-refractivity contribution is 0.158. The van der Waals surface area contributed by atoms with E-state index in [1.54, 1.807) is 6.20 Å². The van der Waals surface area contributed by atoms with Gasteiger partial charge in [-0.2, -0.15) is 0 Å². The lowest BCUT2D eigenvalue weighted by Gasteiger charge is -2.20. The van der Waals surface area contributed by atoms with Crippen LogP contribution in [0.2, 0.25) is 0 Å². The Kier molecular flexibility index (Phi) is 3.71. The molecule has 4 heteroatoms. The molecule has 3 rings (SSSR count). The number of nitrogens with two attached hydrogens (primary N) is 1. The molecule has 2 unspecified atom stereocenters. The summed E-state index contributed by atoms with van der Waals surface area (Å²) >= 11 is 3.57. The SMILES string of the molecule is NCC1CCCC1Oc1nccc2c(Br)cccc12. The molecule has 2 atom stereocenters. The Hall–Kier alpha value is -1.13. The van der Waals surface area contributed by atoms with Gasteiger partial charge in [-0.25, -0.2) is 4.98 Å². The van der Waals surface area contributed by atoms with Gasteiger partial charge in [0.05, 0.1) is 0 Å². The normalized spacial score (nSPS) is 22.8. The fourth-order valence-electron chi connectivity index (χ4n) is 2.81. The van der Waals surface area contributed by atoms with Crippen molar-refractivity contribution in [2.24, 2.45) is 11.7 Å². The van der Waals surface area contributed by atoms with E-state index in [-0.39, 0.29) is 6.10 Å². The molecule has 1 heterocycles. The van der Waals surface area contributed by atoms with Gasteiger partial charge in [0, 0.05) is 27.4 Å². The highest BCUT2D eigenvalue weighted by atomic mass is 79.9. The van der Waals surface area contributed by atoms with Gasteiger partial charge >= 0.3 is 0 Å². The Bertz CT molecular complexity index is 587. The van der Waals surface area contributed by atoms with E-state index in [0.717, 1.165) is 34.0 Å². The predicted molar refractivity (Wildman–Crippen MR) is 80.3 cm³/mol. The zero-order valence-electron chi connectivity index (χ0n) is 10.7. The number of ether oxygens (including phenoxy) is 1. The van der Waals surface area contributed by atoms with Crippen LogP contribution in [0, 0.1) is 5.92 Å². The molecule has 1 aliphatic rings. The van der Waals surface area contributed by atoms with Crippen molar-refractivity contribution < 1.29 is 4.74 Å². The van der Waals surface area contributed by atoms with Gasteiger partial charge in [-0.05, 0) is 44.0 Å². The van der Waals surface area contributed by atoms with Gasteiger partial charge in [-0.1, -0.05) is 22.0 Å². The topological polar surface area (TPSA) is 48.1 Å². The summed E-state index contributed by atoms with van der Waals surface area (Å²) in [5.41, 5.74) is 5.81. The summed E-state index contributed by atoms with van der Waals surface area (Å²) in [6, 6.07) is 8.09. The van der Waals surface area contributed by atoms with Crippen LogP contribution >= 0.6 is 15.9 Å². The monoisotopic (exact) mass is 320 g/mol. The predicted octanol–water partition coefficient (Wildman–Crippen LogP) is 3.50. The second kappa shape index (κ2) is 5.47. The molecule has 0 spiro atoms. The van der Waals surface area contributed by atoms with Gasteiger partial charge in [0.2, 0.25) is 5.88 Å². The number of fused-ring (bicyclic) bond motifs is 1. The van der Waals surface area contributed by atoms with Gasteiger partial charge in [-0.3, -0.25) is 0 Å². The second-order valence-electron chi connectivity index (χ2n) is 5.03. The van der Waals surface area contributed by atoms with Gasteiger partial charge in [0.1, 0.15) is 6.10 Å². The molecule has 1 aliphatic carbocycles. The molecule has 2 aromatic rings.